The Morgan fingerprint density at radius 1 is 1.07 bits per heavy atom. The van der Waals surface area contributed by atoms with Gasteiger partial charge >= 0.3 is 0 Å². The van der Waals surface area contributed by atoms with Crippen LogP contribution < -0.4 is 5.32 Å². The van der Waals surface area contributed by atoms with Gasteiger partial charge in [0.2, 0.25) is 5.91 Å². The second-order valence-electron chi connectivity index (χ2n) is 8.05. The molecular formula is C23H26FNO2. The molecule has 142 valence electrons. The molecule has 1 atom stereocenters. The molecule has 0 saturated heterocycles. The number of rotatable bonds is 2. The summed E-state index contributed by atoms with van der Waals surface area (Å²) in [5.74, 6) is 0.0227. The topological polar surface area (TPSA) is 49.3 Å². The maximum Gasteiger partial charge on any atom is 0.239 e. The van der Waals surface area contributed by atoms with Gasteiger partial charge in [-0.15, -0.1) is 0 Å². The fourth-order valence-electron chi connectivity index (χ4n) is 5.13. The van der Waals surface area contributed by atoms with Gasteiger partial charge < -0.3 is 10.4 Å². The molecule has 1 unspecified atom stereocenters. The van der Waals surface area contributed by atoms with E-state index in [4.69, 9.17) is 0 Å². The summed E-state index contributed by atoms with van der Waals surface area (Å²) >= 11 is 0. The first kappa shape index (κ1) is 18.0. The minimum Gasteiger partial charge on any atom is -0.508 e. The summed E-state index contributed by atoms with van der Waals surface area (Å²) in [6.45, 7) is 3.50. The van der Waals surface area contributed by atoms with Gasteiger partial charge in [-0.1, -0.05) is 37.8 Å². The van der Waals surface area contributed by atoms with Crippen molar-refractivity contribution in [2.75, 3.05) is 5.32 Å². The van der Waals surface area contributed by atoms with Crippen molar-refractivity contribution < 1.29 is 14.3 Å². The highest BCUT2D eigenvalue weighted by Crippen LogP contribution is 2.53. The van der Waals surface area contributed by atoms with Gasteiger partial charge in [0.05, 0.1) is 5.69 Å². The normalized spacial score (nSPS) is 23.0. The number of fused-ring (bicyclic) bond motifs is 1. The molecule has 1 amide bonds. The molecule has 3 nitrogen and oxygen atoms in total. The zero-order valence-electron chi connectivity index (χ0n) is 15.9. The van der Waals surface area contributed by atoms with Gasteiger partial charge in [0.15, 0.2) is 0 Å². The zero-order valence-corrected chi connectivity index (χ0v) is 15.9. The van der Waals surface area contributed by atoms with Crippen LogP contribution in [0.1, 0.15) is 60.8 Å². The van der Waals surface area contributed by atoms with Crippen molar-refractivity contribution in [3.8, 4) is 5.75 Å². The second kappa shape index (κ2) is 6.66. The number of hydrogen-bond donors (Lipinski definition) is 2. The number of aryl methyl sites for hydroxylation is 1. The van der Waals surface area contributed by atoms with E-state index in [1.54, 1.807) is 26.0 Å². The zero-order chi connectivity index (χ0) is 19.2. The van der Waals surface area contributed by atoms with Crippen molar-refractivity contribution in [3.05, 3.63) is 58.4 Å². The summed E-state index contributed by atoms with van der Waals surface area (Å²) < 4.78 is 14.5. The van der Waals surface area contributed by atoms with Crippen LogP contribution in [-0.2, 0) is 10.2 Å². The Morgan fingerprint density at radius 3 is 2.33 bits per heavy atom. The number of carbonyl (C=O) groups is 1. The second-order valence-corrected chi connectivity index (χ2v) is 8.05. The van der Waals surface area contributed by atoms with E-state index in [0.29, 0.717) is 16.8 Å². The fraction of sp³-hybridized carbons (Fsp3) is 0.435. The minimum absolute atomic E-state index is 0.0665. The number of hydrogen-bond acceptors (Lipinski definition) is 2. The number of anilines is 1. The molecule has 0 radical (unpaired) electrons. The van der Waals surface area contributed by atoms with Crippen molar-refractivity contribution in [3.63, 3.8) is 0 Å². The van der Waals surface area contributed by atoms with E-state index in [0.717, 1.165) is 36.8 Å². The highest BCUT2D eigenvalue weighted by Gasteiger charge is 2.53. The van der Waals surface area contributed by atoms with Crippen LogP contribution in [0.4, 0.5) is 10.1 Å². The average molecular weight is 367 g/mol. The first-order valence-electron chi connectivity index (χ1n) is 9.87. The highest BCUT2D eigenvalue weighted by atomic mass is 19.1. The first-order chi connectivity index (χ1) is 13.0. The number of aromatic hydroxyl groups is 1. The van der Waals surface area contributed by atoms with Crippen molar-refractivity contribution in [2.24, 2.45) is 5.92 Å². The lowest BCUT2D eigenvalue weighted by molar-refractivity contribution is -0.121. The molecule has 2 N–H and O–H groups in total. The highest BCUT2D eigenvalue weighted by molar-refractivity contribution is 6.09. The van der Waals surface area contributed by atoms with Gasteiger partial charge in [0.25, 0.3) is 0 Å². The van der Waals surface area contributed by atoms with Crippen LogP contribution in [0.25, 0.3) is 0 Å². The van der Waals surface area contributed by atoms with E-state index >= 15 is 0 Å². The van der Waals surface area contributed by atoms with Crippen molar-refractivity contribution in [1.82, 2.24) is 0 Å². The summed E-state index contributed by atoms with van der Waals surface area (Å²) in [6, 6.07) is 8.84. The van der Waals surface area contributed by atoms with E-state index in [-0.39, 0.29) is 23.4 Å². The van der Waals surface area contributed by atoms with E-state index in [9.17, 15) is 14.3 Å². The molecule has 1 aliphatic carbocycles. The fourth-order valence-corrected chi connectivity index (χ4v) is 5.13. The molecular weight excluding hydrogens is 341 g/mol. The Morgan fingerprint density at radius 2 is 1.70 bits per heavy atom. The van der Waals surface area contributed by atoms with Crippen molar-refractivity contribution in [2.45, 2.75) is 57.8 Å². The van der Waals surface area contributed by atoms with Crippen molar-refractivity contribution in [1.29, 1.82) is 0 Å². The molecule has 27 heavy (non-hydrogen) atoms. The maximum atomic E-state index is 14.5. The molecule has 0 spiro atoms. The van der Waals surface area contributed by atoms with Gasteiger partial charge in [0, 0.05) is 5.56 Å². The SMILES string of the molecule is Cc1cc2c(c(C)c1F)NC(=O)C2(c1ccc(O)cc1)C1CCCCCC1. The summed E-state index contributed by atoms with van der Waals surface area (Å²) in [5, 5.41) is 12.8. The van der Waals surface area contributed by atoms with E-state index in [2.05, 4.69) is 5.32 Å². The molecule has 0 bridgehead atoms. The van der Waals surface area contributed by atoms with Crippen LogP contribution in [0.5, 0.6) is 5.75 Å². The van der Waals surface area contributed by atoms with Gasteiger partial charge in [-0.25, -0.2) is 4.39 Å². The Balaban J connectivity index is 2.00. The Bertz CT molecular complexity index is 882. The summed E-state index contributed by atoms with van der Waals surface area (Å²) in [6.07, 6.45) is 6.54. The lowest BCUT2D eigenvalue weighted by atomic mass is 9.63. The standard InChI is InChI=1S/C23H26FNO2/c1-14-13-19-21(15(2)20(14)24)25-22(27)23(19,16-7-5-3-4-6-8-16)17-9-11-18(26)12-10-17/h9-13,16,26H,3-8H2,1-2H3,(H,25,27). The lowest BCUT2D eigenvalue weighted by Crippen LogP contribution is -2.43. The minimum atomic E-state index is -0.823. The predicted octanol–water partition coefficient (Wildman–Crippen LogP) is 5.36. The molecule has 0 aromatic heterocycles. The number of amides is 1. The van der Waals surface area contributed by atoms with Crippen LogP contribution in [0, 0.1) is 25.6 Å². The van der Waals surface area contributed by atoms with Gasteiger partial charge in [-0.3, -0.25) is 4.79 Å². The van der Waals surface area contributed by atoms with E-state index in [1.807, 2.05) is 18.2 Å². The van der Waals surface area contributed by atoms with Gasteiger partial charge in [-0.2, -0.15) is 0 Å². The Kier molecular flexibility index (Phi) is 4.45. The van der Waals surface area contributed by atoms with Crippen molar-refractivity contribution >= 4 is 11.6 Å². The van der Waals surface area contributed by atoms with Crippen LogP contribution in [0.3, 0.4) is 0 Å². The number of benzene rings is 2. The van der Waals surface area contributed by atoms with Gasteiger partial charge in [0.1, 0.15) is 17.0 Å². The molecule has 2 aromatic carbocycles. The largest absolute Gasteiger partial charge is 0.508 e. The quantitative estimate of drug-likeness (QED) is 0.702. The van der Waals surface area contributed by atoms with E-state index in [1.165, 1.54) is 12.8 Å². The molecule has 2 aromatic rings. The van der Waals surface area contributed by atoms with Crippen LogP contribution >= 0.6 is 0 Å². The molecule has 2 aliphatic rings. The molecule has 1 fully saturated rings. The number of phenols is 1. The third-order valence-corrected chi connectivity index (χ3v) is 6.49. The maximum absolute atomic E-state index is 14.5. The van der Waals surface area contributed by atoms with Crippen LogP contribution in [0.15, 0.2) is 30.3 Å². The predicted molar refractivity (Wildman–Crippen MR) is 105 cm³/mol. The first-order valence-corrected chi connectivity index (χ1v) is 9.87. The molecule has 1 saturated carbocycles. The van der Waals surface area contributed by atoms with Gasteiger partial charge in [-0.05, 0) is 67.5 Å². The Labute approximate surface area is 159 Å². The number of nitrogens with one attached hydrogen (secondary N) is 1. The number of halogens is 1. The molecule has 1 aliphatic heterocycles. The molecule has 4 heteroatoms. The molecule has 1 heterocycles. The lowest BCUT2D eigenvalue weighted by Gasteiger charge is -2.36. The smallest absolute Gasteiger partial charge is 0.239 e. The summed E-state index contributed by atoms with van der Waals surface area (Å²) in [5.41, 5.74) is 2.65. The van der Waals surface area contributed by atoms with Crippen LogP contribution in [0.2, 0.25) is 0 Å². The third kappa shape index (κ3) is 2.65. The average Bonchev–Trinajstić information content (AvgIpc) is 2.82. The number of carbonyl (C=O) groups excluding carboxylic acids is 1. The third-order valence-electron chi connectivity index (χ3n) is 6.49. The Hall–Kier alpha value is -2.36. The van der Waals surface area contributed by atoms with E-state index < -0.39 is 5.41 Å². The molecule has 4 rings (SSSR count). The number of phenolic OH excluding ortho intramolecular Hbond substituents is 1. The summed E-state index contributed by atoms with van der Waals surface area (Å²) in [7, 11) is 0. The monoisotopic (exact) mass is 367 g/mol. The van der Waals surface area contributed by atoms with Crippen LogP contribution in [-0.4, -0.2) is 11.0 Å². The summed E-state index contributed by atoms with van der Waals surface area (Å²) in [4.78, 5) is 13.5.